The van der Waals surface area contributed by atoms with E-state index in [1.54, 1.807) is 30.3 Å². The fourth-order valence-electron chi connectivity index (χ4n) is 1.69. The monoisotopic (exact) mass is 310 g/mol. The number of nitrogens with one attached hydrogen (secondary N) is 2. The van der Waals surface area contributed by atoms with Crippen molar-refractivity contribution < 1.29 is 13.2 Å². The molecule has 0 saturated carbocycles. The zero-order valence-electron chi connectivity index (χ0n) is 12.3. The molecule has 0 aliphatic carbocycles. The second-order valence-corrected chi connectivity index (χ2v) is 6.40. The smallest absolute Gasteiger partial charge is 0.240 e. The number of carbonyl (C=O) groups excluding carboxylic acids is 1. The zero-order chi connectivity index (χ0) is 15.7. The molecule has 0 aliphatic heterocycles. The first kappa shape index (κ1) is 17.4. The summed E-state index contributed by atoms with van der Waals surface area (Å²) in [7, 11) is -3.42. The standard InChI is InChI=1S/C15H22N2O3S/c1-3-11-16-15(18)10-7-13-5-8-14(9-6-13)21(19,20)17-12-4-2/h3,5-6,8-9,17H,1,4,7,10-12H2,2H3,(H,16,18). The highest BCUT2D eigenvalue weighted by Gasteiger charge is 2.12. The molecule has 21 heavy (non-hydrogen) atoms. The molecule has 0 heterocycles. The first-order valence-electron chi connectivity index (χ1n) is 6.95. The lowest BCUT2D eigenvalue weighted by Crippen LogP contribution is -2.24. The van der Waals surface area contributed by atoms with Crippen LogP contribution in [0.15, 0.2) is 41.8 Å². The van der Waals surface area contributed by atoms with E-state index in [9.17, 15) is 13.2 Å². The molecule has 0 spiro atoms. The molecule has 0 unspecified atom stereocenters. The fraction of sp³-hybridized carbons (Fsp3) is 0.400. The molecular formula is C15H22N2O3S. The van der Waals surface area contributed by atoms with E-state index in [-0.39, 0.29) is 10.8 Å². The molecule has 0 radical (unpaired) electrons. The summed E-state index contributed by atoms with van der Waals surface area (Å²) in [6, 6.07) is 6.60. The van der Waals surface area contributed by atoms with E-state index in [2.05, 4.69) is 16.6 Å². The van der Waals surface area contributed by atoms with E-state index in [1.165, 1.54) is 0 Å². The third-order valence-corrected chi connectivity index (χ3v) is 4.34. The lowest BCUT2D eigenvalue weighted by Gasteiger charge is -2.07. The van der Waals surface area contributed by atoms with Crippen molar-refractivity contribution in [1.82, 2.24) is 10.0 Å². The van der Waals surface area contributed by atoms with Crippen LogP contribution in [0, 0.1) is 0 Å². The van der Waals surface area contributed by atoms with Gasteiger partial charge in [0, 0.05) is 19.5 Å². The van der Waals surface area contributed by atoms with E-state index in [0.717, 1.165) is 12.0 Å². The van der Waals surface area contributed by atoms with Gasteiger partial charge in [-0.05, 0) is 30.5 Å². The highest BCUT2D eigenvalue weighted by Crippen LogP contribution is 2.11. The first-order chi connectivity index (χ1) is 9.99. The molecule has 0 saturated heterocycles. The lowest BCUT2D eigenvalue weighted by atomic mass is 10.1. The SMILES string of the molecule is C=CCNC(=O)CCc1ccc(S(=O)(=O)NCCC)cc1. The van der Waals surface area contributed by atoms with Gasteiger partial charge in [0.15, 0.2) is 0 Å². The van der Waals surface area contributed by atoms with Gasteiger partial charge in [-0.3, -0.25) is 4.79 Å². The fourth-order valence-corrected chi connectivity index (χ4v) is 2.82. The van der Waals surface area contributed by atoms with Crippen LogP contribution >= 0.6 is 0 Å². The third kappa shape index (κ3) is 6.10. The molecule has 5 nitrogen and oxygen atoms in total. The summed E-state index contributed by atoms with van der Waals surface area (Å²) >= 11 is 0. The maximum atomic E-state index is 11.9. The number of hydrogen-bond donors (Lipinski definition) is 2. The predicted octanol–water partition coefficient (Wildman–Crippen LogP) is 1.61. The molecule has 0 aromatic heterocycles. The van der Waals surface area contributed by atoms with Crippen LogP contribution in [0.25, 0.3) is 0 Å². The lowest BCUT2D eigenvalue weighted by molar-refractivity contribution is -0.120. The molecule has 0 atom stereocenters. The molecule has 0 bridgehead atoms. The van der Waals surface area contributed by atoms with Crippen LogP contribution in [0.4, 0.5) is 0 Å². The van der Waals surface area contributed by atoms with Gasteiger partial charge in [-0.2, -0.15) is 0 Å². The molecular weight excluding hydrogens is 288 g/mol. The van der Waals surface area contributed by atoms with E-state index in [4.69, 9.17) is 0 Å². The summed E-state index contributed by atoms with van der Waals surface area (Å²) in [5, 5.41) is 2.70. The highest BCUT2D eigenvalue weighted by atomic mass is 32.2. The minimum Gasteiger partial charge on any atom is -0.353 e. The van der Waals surface area contributed by atoms with E-state index in [0.29, 0.717) is 25.9 Å². The molecule has 2 N–H and O–H groups in total. The molecule has 0 aliphatic rings. The molecule has 116 valence electrons. The zero-order valence-corrected chi connectivity index (χ0v) is 13.1. The van der Waals surface area contributed by atoms with E-state index >= 15 is 0 Å². The summed E-state index contributed by atoms with van der Waals surface area (Å²) in [6.45, 7) is 6.31. The molecule has 1 amide bonds. The van der Waals surface area contributed by atoms with Crippen molar-refractivity contribution >= 4 is 15.9 Å². The van der Waals surface area contributed by atoms with Crippen molar-refractivity contribution in [3.8, 4) is 0 Å². The van der Waals surface area contributed by atoms with Crippen LogP contribution in [0.3, 0.4) is 0 Å². The third-order valence-electron chi connectivity index (χ3n) is 2.86. The largest absolute Gasteiger partial charge is 0.353 e. The summed E-state index contributed by atoms with van der Waals surface area (Å²) in [4.78, 5) is 11.7. The van der Waals surface area contributed by atoms with Crippen LogP contribution < -0.4 is 10.0 Å². The van der Waals surface area contributed by atoms with Gasteiger partial charge in [0.25, 0.3) is 0 Å². The van der Waals surface area contributed by atoms with Crippen molar-refractivity contribution in [3.63, 3.8) is 0 Å². The second-order valence-electron chi connectivity index (χ2n) is 4.63. The van der Waals surface area contributed by atoms with Gasteiger partial charge in [0.05, 0.1) is 4.90 Å². The summed E-state index contributed by atoms with van der Waals surface area (Å²) in [5.74, 6) is -0.0452. The van der Waals surface area contributed by atoms with Crippen LogP contribution in [-0.2, 0) is 21.2 Å². The van der Waals surface area contributed by atoms with E-state index < -0.39 is 10.0 Å². The van der Waals surface area contributed by atoms with Gasteiger partial charge in [-0.25, -0.2) is 13.1 Å². The Balaban J connectivity index is 2.58. The Kier molecular flexibility index (Phi) is 7.11. The topological polar surface area (TPSA) is 75.3 Å². The van der Waals surface area contributed by atoms with Crippen LogP contribution in [0.5, 0.6) is 0 Å². The van der Waals surface area contributed by atoms with Crippen molar-refractivity contribution in [2.45, 2.75) is 31.1 Å². The Labute approximate surface area is 126 Å². The summed E-state index contributed by atoms with van der Waals surface area (Å²) in [6.07, 6.45) is 3.32. The molecule has 1 aromatic rings. The van der Waals surface area contributed by atoms with Crippen LogP contribution in [-0.4, -0.2) is 27.4 Å². The number of amides is 1. The van der Waals surface area contributed by atoms with Crippen molar-refractivity contribution in [1.29, 1.82) is 0 Å². The summed E-state index contributed by atoms with van der Waals surface area (Å²) < 4.78 is 26.3. The minimum atomic E-state index is -3.42. The quantitative estimate of drug-likeness (QED) is 0.680. The van der Waals surface area contributed by atoms with Gasteiger partial charge in [-0.1, -0.05) is 25.1 Å². The van der Waals surface area contributed by atoms with Crippen molar-refractivity contribution in [2.24, 2.45) is 0 Å². The van der Waals surface area contributed by atoms with Crippen molar-refractivity contribution in [2.75, 3.05) is 13.1 Å². The molecule has 1 rings (SSSR count). The number of hydrogen-bond acceptors (Lipinski definition) is 3. The number of sulfonamides is 1. The number of benzene rings is 1. The number of rotatable bonds is 9. The predicted molar refractivity (Wildman–Crippen MR) is 83.4 cm³/mol. The Morgan fingerprint density at radius 3 is 2.52 bits per heavy atom. The van der Waals surface area contributed by atoms with Crippen molar-refractivity contribution in [3.05, 3.63) is 42.5 Å². The van der Waals surface area contributed by atoms with E-state index in [1.807, 2.05) is 6.92 Å². The van der Waals surface area contributed by atoms with Gasteiger partial charge in [0.1, 0.15) is 0 Å². The highest BCUT2D eigenvalue weighted by molar-refractivity contribution is 7.89. The summed E-state index contributed by atoms with van der Waals surface area (Å²) in [5.41, 5.74) is 0.929. The number of aryl methyl sites for hydroxylation is 1. The van der Waals surface area contributed by atoms with Gasteiger partial charge in [0.2, 0.25) is 15.9 Å². The molecule has 1 aromatic carbocycles. The Hall–Kier alpha value is -1.66. The minimum absolute atomic E-state index is 0.0452. The average Bonchev–Trinajstić information content (AvgIpc) is 2.49. The average molecular weight is 310 g/mol. The Bertz CT molecular complexity index is 565. The normalized spacial score (nSPS) is 11.1. The van der Waals surface area contributed by atoms with Gasteiger partial charge < -0.3 is 5.32 Å². The molecule has 0 fully saturated rings. The van der Waals surface area contributed by atoms with Gasteiger partial charge >= 0.3 is 0 Å². The maximum Gasteiger partial charge on any atom is 0.240 e. The second kappa shape index (κ2) is 8.59. The Morgan fingerprint density at radius 2 is 1.95 bits per heavy atom. The van der Waals surface area contributed by atoms with Gasteiger partial charge in [-0.15, -0.1) is 6.58 Å². The van der Waals surface area contributed by atoms with Crippen LogP contribution in [0.2, 0.25) is 0 Å². The molecule has 6 heteroatoms. The Morgan fingerprint density at radius 1 is 1.29 bits per heavy atom. The first-order valence-corrected chi connectivity index (χ1v) is 8.44. The number of carbonyl (C=O) groups is 1. The van der Waals surface area contributed by atoms with Crippen LogP contribution in [0.1, 0.15) is 25.3 Å². The maximum absolute atomic E-state index is 11.9.